The zero-order chi connectivity index (χ0) is 17.5. The van der Waals surface area contributed by atoms with E-state index in [1.54, 1.807) is 0 Å². The number of non-ortho nitro benzene ring substituents is 1. The Bertz CT molecular complexity index is 818. The number of benzene rings is 2. The normalized spacial score (nSPS) is 10.6. The lowest BCUT2D eigenvalue weighted by Crippen LogP contribution is -2.14. The summed E-state index contributed by atoms with van der Waals surface area (Å²) in [6, 6.07) is 14.6. The van der Waals surface area contributed by atoms with E-state index in [0.717, 1.165) is 11.3 Å². The van der Waals surface area contributed by atoms with Crippen LogP contribution < -0.4 is 10.6 Å². The van der Waals surface area contributed by atoms with Gasteiger partial charge < -0.3 is 10.6 Å². The molecule has 0 saturated carbocycles. The summed E-state index contributed by atoms with van der Waals surface area (Å²) in [5.74, 6) is -0.606. The molecular formula is C17H14N4O3. The third-order valence-corrected chi connectivity index (χ3v) is 3.14. The van der Waals surface area contributed by atoms with Gasteiger partial charge in [0.1, 0.15) is 11.6 Å². The average Bonchev–Trinajstić information content (AvgIpc) is 2.57. The van der Waals surface area contributed by atoms with Crippen molar-refractivity contribution in [3.05, 3.63) is 76.0 Å². The van der Waals surface area contributed by atoms with E-state index >= 15 is 0 Å². The Morgan fingerprint density at radius 1 is 1.12 bits per heavy atom. The molecular weight excluding hydrogens is 308 g/mol. The first-order valence-electron chi connectivity index (χ1n) is 6.99. The van der Waals surface area contributed by atoms with Crippen LogP contribution in [0.4, 0.5) is 17.1 Å². The minimum absolute atomic E-state index is 0.0786. The average molecular weight is 322 g/mol. The standard InChI is InChI=1S/C17H14N4O3/c1-12-2-4-14(5-3-12)19-11-13(10-18)17(22)20-15-6-8-16(9-7-15)21(23)24/h2-9,11,19H,1H3,(H,20,22)/b13-11-. The second-order valence-corrected chi connectivity index (χ2v) is 4.94. The second-order valence-electron chi connectivity index (χ2n) is 4.94. The molecule has 0 bridgehead atoms. The molecule has 7 nitrogen and oxygen atoms in total. The second kappa shape index (κ2) is 7.56. The van der Waals surface area contributed by atoms with Crippen LogP contribution in [-0.2, 0) is 4.79 Å². The molecule has 0 aromatic heterocycles. The summed E-state index contributed by atoms with van der Waals surface area (Å²) in [6.45, 7) is 1.96. The number of nitro groups is 1. The number of rotatable bonds is 5. The Morgan fingerprint density at radius 3 is 2.25 bits per heavy atom. The van der Waals surface area contributed by atoms with Crippen LogP contribution in [0.5, 0.6) is 0 Å². The highest BCUT2D eigenvalue weighted by Crippen LogP contribution is 2.16. The molecule has 0 spiro atoms. The molecule has 2 N–H and O–H groups in total. The molecule has 1 amide bonds. The van der Waals surface area contributed by atoms with Gasteiger partial charge in [-0.15, -0.1) is 0 Å². The summed E-state index contributed by atoms with van der Waals surface area (Å²) >= 11 is 0. The number of anilines is 2. The van der Waals surface area contributed by atoms with Gasteiger partial charge in [0.05, 0.1) is 4.92 Å². The smallest absolute Gasteiger partial charge is 0.269 e. The molecule has 0 radical (unpaired) electrons. The maximum atomic E-state index is 12.1. The monoisotopic (exact) mass is 322 g/mol. The summed E-state index contributed by atoms with van der Waals surface area (Å²) in [6.07, 6.45) is 1.31. The molecule has 0 heterocycles. The van der Waals surface area contributed by atoms with Crippen molar-refractivity contribution in [2.75, 3.05) is 10.6 Å². The number of nitro benzene ring substituents is 1. The van der Waals surface area contributed by atoms with Crippen molar-refractivity contribution >= 4 is 23.0 Å². The molecule has 2 aromatic rings. The number of nitrogens with zero attached hydrogens (tertiary/aromatic N) is 2. The molecule has 0 saturated heterocycles. The Morgan fingerprint density at radius 2 is 1.71 bits per heavy atom. The van der Waals surface area contributed by atoms with Gasteiger partial charge in [0.25, 0.3) is 11.6 Å². The largest absolute Gasteiger partial charge is 0.360 e. The predicted molar refractivity (Wildman–Crippen MR) is 90.2 cm³/mol. The van der Waals surface area contributed by atoms with Gasteiger partial charge in [-0.25, -0.2) is 0 Å². The van der Waals surface area contributed by atoms with Gasteiger partial charge >= 0.3 is 0 Å². The van der Waals surface area contributed by atoms with Crippen LogP contribution in [0, 0.1) is 28.4 Å². The Hall–Kier alpha value is -3.66. The summed E-state index contributed by atoms with van der Waals surface area (Å²) in [4.78, 5) is 22.1. The highest BCUT2D eigenvalue weighted by atomic mass is 16.6. The van der Waals surface area contributed by atoms with E-state index in [-0.39, 0.29) is 11.3 Å². The van der Waals surface area contributed by atoms with Crippen LogP contribution in [0.1, 0.15) is 5.56 Å². The van der Waals surface area contributed by atoms with Gasteiger partial charge in [-0.1, -0.05) is 17.7 Å². The van der Waals surface area contributed by atoms with Crippen LogP contribution in [-0.4, -0.2) is 10.8 Å². The van der Waals surface area contributed by atoms with E-state index in [9.17, 15) is 14.9 Å². The van der Waals surface area contributed by atoms with E-state index < -0.39 is 10.8 Å². The molecule has 120 valence electrons. The van der Waals surface area contributed by atoms with Crippen molar-refractivity contribution in [3.63, 3.8) is 0 Å². The van der Waals surface area contributed by atoms with Gasteiger partial charge in [0.15, 0.2) is 0 Å². The van der Waals surface area contributed by atoms with Gasteiger partial charge in [-0.2, -0.15) is 5.26 Å². The maximum Gasteiger partial charge on any atom is 0.269 e. The molecule has 0 fully saturated rings. The molecule has 2 rings (SSSR count). The third-order valence-electron chi connectivity index (χ3n) is 3.14. The number of hydrogen-bond donors (Lipinski definition) is 2. The molecule has 2 aromatic carbocycles. The van der Waals surface area contributed by atoms with Gasteiger partial charge in [-0.3, -0.25) is 14.9 Å². The van der Waals surface area contributed by atoms with E-state index in [4.69, 9.17) is 5.26 Å². The van der Waals surface area contributed by atoms with Crippen molar-refractivity contribution in [1.82, 2.24) is 0 Å². The highest BCUT2D eigenvalue weighted by molar-refractivity contribution is 6.06. The number of carbonyl (C=O) groups excluding carboxylic acids is 1. The SMILES string of the molecule is Cc1ccc(N/C=C(/C#N)C(=O)Nc2ccc([N+](=O)[O-])cc2)cc1. The minimum Gasteiger partial charge on any atom is -0.360 e. The van der Waals surface area contributed by atoms with Crippen molar-refractivity contribution in [1.29, 1.82) is 5.26 Å². The Balaban J connectivity index is 2.05. The zero-order valence-corrected chi connectivity index (χ0v) is 12.8. The lowest BCUT2D eigenvalue weighted by Gasteiger charge is -2.05. The molecule has 0 aliphatic rings. The fourth-order valence-electron chi connectivity index (χ4n) is 1.82. The molecule has 24 heavy (non-hydrogen) atoms. The number of aryl methyl sites for hydroxylation is 1. The first-order chi connectivity index (χ1) is 11.5. The Kier molecular flexibility index (Phi) is 5.26. The molecule has 0 aliphatic carbocycles. The zero-order valence-electron chi connectivity index (χ0n) is 12.8. The quantitative estimate of drug-likeness (QED) is 0.380. The third kappa shape index (κ3) is 4.42. The summed E-state index contributed by atoms with van der Waals surface area (Å²) in [5.41, 5.74) is 2.01. The van der Waals surface area contributed by atoms with Crippen molar-refractivity contribution in [2.45, 2.75) is 6.92 Å². The highest BCUT2D eigenvalue weighted by Gasteiger charge is 2.10. The van der Waals surface area contributed by atoms with Crippen LogP contribution in [0.3, 0.4) is 0 Å². The van der Waals surface area contributed by atoms with Crippen molar-refractivity contribution in [2.24, 2.45) is 0 Å². The van der Waals surface area contributed by atoms with Crippen LogP contribution in [0.15, 0.2) is 60.3 Å². The van der Waals surface area contributed by atoms with Crippen molar-refractivity contribution < 1.29 is 9.72 Å². The number of hydrogen-bond acceptors (Lipinski definition) is 5. The minimum atomic E-state index is -0.606. The number of nitriles is 1. The molecule has 0 unspecified atom stereocenters. The van der Waals surface area contributed by atoms with Crippen LogP contribution in [0.25, 0.3) is 0 Å². The fraction of sp³-hybridized carbons (Fsp3) is 0.0588. The molecule has 0 atom stereocenters. The summed E-state index contributed by atoms with van der Waals surface area (Å²) in [5, 5.41) is 25.1. The number of amides is 1. The molecule has 7 heteroatoms. The number of nitrogens with one attached hydrogen (secondary N) is 2. The predicted octanol–water partition coefficient (Wildman–Crippen LogP) is 3.36. The summed E-state index contributed by atoms with van der Waals surface area (Å²) < 4.78 is 0. The van der Waals surface area contributed by atoms with E-state index in [1.165, 1.54) is 30.5 Å². The van der Waals surface area contributed by atoms with E-state index in [2.05, 4.69) is 10.6 Å². The number of carbonyl (C=O) groups is 1. The van der Waals surface area contributed by atoms with Crippen LogP contribution in [0.2, 0.25) is 0 Å². The van der Waals surface area contributed by atoms with Crippen molar-refractivity contribution in [3.8, 4) is 6.07 Å². The summed E-state index contributed by atoms with van der Waals surface area (Å²) in [7, 11) is 0. The van der Waals surface area contributed by atoms with E-state index in [0.29, 0.717) is 5.69 Å². The van der Waals surface area contributed by atoms with Gasteiger partial charge in [0, 0.05) is 29.7 Å². The lowest BCUT2D eigenvalue weighted by molar-refractivity contribution is -0.384. The first-order valence-corrected chi connectivity index (χ1v) is 6.99. The molecule has 0 aliphatic heterocycles. The lowest BCUT2D eigenvalue weighted by atomic mass is 10.2. The maximum absolute atomic E-state index is 12.1. The Labute approximate surface area is 138 Å². The fourth-order valence-corrected chi connectivity index (χ4v) is 1.82. The van der Waals surface area contributed by atoms with Gasteiger partial charge in [-0.05, 0) is 31.2 Å². The topological polar surface area (TPSA) is 108 Å². The van der Waals surface area contributed by atoms with Crippen LogP contribution >= 0.6 is 0 Å². The van der Waals surface area contributed by atoms with E-state index in [1.807, 2.05) is 37.3 Å². The first kappa shape index (κ1) is 16.7. The van der Waals surface area contributed by atoms with Gasteiger partial charge in [0.2, 0.25) is 0 Å².